The summed E-state index contributed by atoms with van der Waals surface area (Å²) in [5.41, 5.74) is -0.458. The maximum atomic E-state index is 12.8. The third kappa shape index (κ3) is 2.06. The molecule has 2 heterocycles. The van der Waals surface area contributed by atoms with Gasteiger partial charge in [0.15, 0.2) is 5.82 Å². The first-order chi connectivity index (χ1) is 9.16. The van der Waals surface area contributed by atoms with Crippen LogP contribution in [-0.4, -0.2) is 14.6 Å². The highest BCUT2D eigenvalue weighted by molar-refractivity contribution is 7.23. The molecule has 2 aromatic heterocycles. The summed E-state index contributed by atoms with van der Waals surface area (Å²) >= 11 is 1.34. The Kier molecular flexibility index (Phi) is 2.63. The first-order valence-electron chi connectivity index (χ1n) is 6.03. The van der Waals surface area contributed by atoms with E-state index in [-0.39, 0.29) is 5.41 Å². The Morgan fingerprint density at radius 2 is 1.85 bits per heavy atom. The molecule has 0 fully saturated rings. The van der Waals surface area contributed by atoms with Crippen LogP contribution in [0.3, 0.4) is 0 Å². The molecule has 0 unspecified atom stereocenters. The summed E-state index contributed by atoms with van der Waals surface area (Å²) in [5.74, 6) is 0.628. The van der Waals surface area contributed by atoms with Gasteiger partial charge in [-0.1, -0.05) is 32.1 Å². The highest BCUT2D eigenvalue weighted by Crippen LogP contribution is 2.34. The minimum atomic E-state index is -4.35. The Bertz CT molecular complexity index is 793. The molecule has 0 spiro atoms. The lowest BCUT2D eigenvalue weighted by atomic mass is 9.96. The van der Waals surface area contributed by atoms with Crippen LogP contribution in [-0.2, 0) is 11.6 Å². The number of aromatic nitrogens is 3. The first kappa shape index (κ1) is 13.4. The predicted molar refractivity (Wildman–Crippen MR) is 72.1 cm³/mol. The van der Waals surface area contributed by atoms with Gasteiger partial charge in [-0.2, -0.15) is 13.2 Å². The van der Waals surface area contributed by atoms with Crippen molar-refractivity contribution in [3.8, 4) is 0 Å². The number of fused-ring (bicyclic) bond motifs is 3. The number of benzene rings is 1. The molecule has 0 amide bonds. The lowest BCUT2D eigenvalue weighted by Crippen LogP contribution is -2.13. The Hall–Kier alpha value is -1.63. The molecular formula is C13H12F3N3S. The van der Waals surface area contributed by atoms with Gasteiger partial charge in [0.2, 0.25) is 4.96 Å². The summed E-state index contributed by atoms with van der Waals surface area (Å²) in [6, 6.07) is 3.68. The summed E-state index contributed by atoms with van der Waals surface area (Å²) in [6.07, 6.45) is -4.35. The Morgan fingerprint density at radius 1 is 1.15 bits per heavy atom. The van der Waals surface area contributed by atoms with Gasteiger partial charge in [0.25, 0.3) is 0 Å². The second-order valence-electron chi connectivity index (χ2n) is 5.66. The molecule has 3 aromatic rings. The normalized spacial score (nSPS) is 13.5. The third-order valence-electron chi connectivity index (χ3n) is 2.96. The van der Waals surface area contributed by atoms with Crippen LogP contribution in [0.4, 0.5) is 13.2 Å². The van der Waals surface area contributed by atoms with E-state index in [9.17, 15) is 13.2 Å². The van der Waals surface area contributed by atoms with E-state index in [0.717, 1.165) is 16.8 Å². The van der Waals surface area contributed by atoms with Gasteiger partial charge in [-0.25, -0.2) is 9.50 Å². The van der Waals surface area contributed by atoms with E-state index in [1.807, 2.05) is 20.8 Å². The second-order valence-corrected chi connectivity index (χ2v) is 6.67. The van der Waals surface area contributed by atoms with E-state index in [0.29, 0.717) is 16.3 Å². The van der Waals surface area contributed by atoms with Crippen LogP contribution in [0.1, 0.15) is 32.2 Å². The van der Waals surface area contributed by atoms with Crippen molar-refractivity contribution < 1.29 is 13.2 Å². The molecule has 0 aliphatic rings. The van der Waals surface area contributed by atoms with E-state index in [1.54, 1.807) is 0 Å². The summed E-state index contributed by atoms with van der Waals surface area (Å²) in [6.45, 7) is 5.90. The molecule has 20 heavy (non-hydrogen) atoms. The molecule has 106 valence electrons. The Balaban J connectivity index is 2.27. The molecule has 0 saturated heterocycles. The van der Waals surface area contributed by atoms with E-state index in [1.165, 1.54) is 21.9 Å². The predicted octanol–water partition coefficient (Wildman–Crippen LogP) is 4.26. The summed E-state index contributed by atoms with van der Waals surface area (Å²) in [5, 5.41) is 4.34. The second kappa shape index (κ2) is 3.94. The molecule has 3 rings (SSSR count). The molecule has 0 atom stereocenters. The van der Waals surface area contributed by atoms with Crippen LogP contribution in [0.2, 0.25) is 0 Å². The zero-order valence-electron chi connectivity index (χ0n) is 11.1. The Morgan fingerprint density at radius 3 is 2.45 bits per heavy atom. The fraction of sp³-hybridized carbons (Fsp3) is 0.385. The fourth-order valence-electron chi connectivity index (χ4n) is 1.88. The largest absolute Gasteiger partial charge is 0.416 e. The van der Waals surface area contributed by atoms with Crippen LogP contribution in [0.5, 0.6) is 0 Å². The maximum Gasteiger partial charge on any atom is 0.416 e. The topological polar surface area (TPSA) is 30.2 Å². The van der Waals surface area contributed by atoms with Gasteiger partial charge in [0.1, 0.15) is 0 Å². The van der Waals surface area contributed by atoms with Crippen LogP contribution < -0.4 is 0 Å². The third-order valence-corrected chi connectivity index (χ3v) is 3.98. The summed E-state index contributed by atoms with van der Waals surface area (Å²) in [4.78, 5) is 5.02. The highest BCUT2D eigenvalue weighted by atomic mass is 32.1. The SMILES string of the molecule is CC(C)(C)c1nc2sc3ccc(C(F)(F)F)cc3n2n1. The Labute approximate surface area is 117 Å². The lowest BCUT2D eigenvalue weighted by molar-refractivity contribution is -0.137. The van der Waals surface area contributed by atoms with Crippen molar-refractivity contribution in [3.63, 3.8) is 0 Å². The summed E-state index contributed by atoms with van der Waals surface area (Å²) in [7, 11) is 0. The van der Waals surface area contributed by atoms with Gasteiger partial charge in [0.05, 0.1) is 15.8 Å². The van der Waals surface area contributed by atoms with Crippen molar-refractivity contribution in [2.24, 2.45) is 0 Å². The van der Waals surface area contributed by atoms with Gasteiger partial charge >= 0.3 is 6.18 Å². The number of hydrogen-bond acceptors (Lipinski definition) is 3. The smallest absolute Gasteiger partial charge is 0.203 e. The van der Waals surface area contributed by atoms with E-state index in [4.69, 9.17) is 0 Å². The van der Waals surface area contributed by atoms with E-state index < -0.39 is 11.7 Å². The first-order valence-corrected chi connectivity index (χ1v) is 6.85. The van der Waals surface area contributed by atoms with Crippen LogP contribution in [0, 0.1) is 0 Å². The zero-order chi connectivity index (χ0) is 14.7. The van der Waals surface area contributed by atoms with Crippen molar-refractivity contribution >= 4 is 26.5 Å². The zero-order valence-corrected chi connectivity index (χ0v) is 11.9. The van der Waals surface area contributed by atoms with Gasteiger partial charge in [-0.05, 0) is 18.2 Å². The number of halogens is 3. The van der Waals surface area contributed by atoms with Crippen LogP contribution in [0.15, 0.2) is 18.2 Å². The van der Waals surface area contributed by atoms with Crippen molar-refractivity contribution in [1.29, 1.82) is 0 Å². The van der Waals surface area contributed by atoms with Gasteiger partial charge < -0.3 is 0 Å². The average molecular weight is 299 g/mol. The molecule has 0 N–H and O–H groups in total. The van der Waals surface area contributed by atoms with Gasteiger partial charge in [-0.3, -0.25) is 0 Å². The molecule has 0 aliphatic heterocycles. The standard InChI is InChI=1S/C13H12F3N3S/c1-12(2,3)10-17-11-19(18-10)8-6-7(13(14,15)16)4-5-9(8)20-11/h4-6H,1-3H3. The molecule has 0 bridgehead atoms. The molecule has 7 heteroatoms. The van der Waals surface area contributed by atoms with Gasteiger partial charge in [0, 0.05) is 5.41 Å². The number of hydrogen-bond donors (Lipinski definition) is 0. The minimum absolute atomic E-state index is 0.236. The van der Waals surface area contributed by atoms with Crippen molar-refractivity contribution in [2.75, 3.05) is 0 Å². The number of nitrogens with zero attached hydrogens (tertiary/aromatic N) is 3. The lowest BCUT2D eigenvalue weighted by Gasteiger charge is -2.12. The van der Waals surface area contributed by atoms with E-state index >= 15 is 0 Å². The van der Waals surface area contributed by atoms with E-state index in [2.05, 4.69) is 10.1 Å². The molecule has 0 radical (unpaired) electrons. The molecule has 3 nitrogen and oxygen atoms in total. The van der Waals surface area contributed by atoms with Crippen LogP contribution >= 0.6 is 11.3 Å². The van der Waals surface area contributed by atoms with Crippen LogP contribution in [0.25, 0.3) is 15.2 Å². The number of alkyl halides is 3. The molecule has 0 aliphatic carbocycles. The highest BCUT2D eigenvalue weighted by Gasteiger charge is 2.31. The van der Waals surface area contributed by atoms with Gasteiger partial charge in [-0.15, -0.1) is 5.10 Å². The quantitative estimate of drug-likeness (QED) is 0.621. The molecule has 1 aromatic carbocycles. The fourth-order valence-corrected chi connectivity index (χ4v) is 2.82. The summed E-state index contributed by atoms with van der Waals surface area (Å²) < 4.78 is 40.6. The molecular weight excluding hydrogens is 287 g/mol. The van der Waals surface area contributed by atoms with Crippen molar-refractivity contribution in [3.05, 3.63) is 29.6 Å². The number of rotatable bonds is 0. The number of thiazole rings is 1. The minimum Gasteiger partial charge on any atom is -0.203 e. The van der Waals surface area contributed by atoms with Crippen molar-refractivity contribution in [2.45, 2.75) is 32.4 Å². The van der Waals surface area contributed by atoms with Crippen molar-refractivity contribution in [1.82, 2.24) is 14.6 Å². The average Bonchev–Trinajstić information content (AvgIpc) is 2.82. The molecule has 0 saturated carbocycles. The monoisotopic (exact) mass is 299 g/mol. The maximum absolute atomic E-state index is 12.8.